The molecule has 4 heteroatoms. The van der Waals surface area contributed by atoms with Crippen molar-refractivity contribution >= 4 is 11.9 Å². The fourth-order valence-corrected chi connectivity index (χ4v) is 4.05. The first-order valence-electron chi connectivity index (χ1n) is 10.2. The summed E-state index contributed by atoms with van der Waals surface area (Å²) in [6.45, 7) is 4.21. The number of amides is 1. The SMILES string of the molecule is CCOC(=O)C1(NC(=O)Cc2cccc(-c3ccccc3C)c2)CCCCC1. The van der Waals surface area contributed by atoms with Crippen LogP contribution in [-0.2, 0) is 20.7 Å². The van der Waals surface area contributed by atoms with Gasteiger partial charge in [-0.2, -0.15) is 0 Å². The Hall–Kier alpha value is -2.62. The van der Waals surface area contributed by atoms with Crippen molar-refractivity contribution in [3.05, 3.63) is 59.7 Å². The molecular weight excluding hydrogens is 350 g/mol. The number of rotatable bonds is 6. The number of aryl methyl sites for hydroxylation is 1. The van der Waals surface area contributed by atoms with Crippen molar-refractivity contribution in [1.29, 1.82) is 0 Å². The first kappa shape index (κ1) is 20.1. The first-order valence-corrected chi connectivity index (χ1v) is 10.2. The van der Waals surface area contributed by atoms with Gasteiger partial charge in [-0.15, -0.1) is 0 Å². The lowest BCUT2D eigenvalue weighted by atomic mass is 9.81. The standard InChI is InChI=1S/C24H29NO3/c1-3-28-23(27)24(14-7-4-8-15-24)25-22(26)17-19-11-9-12-20(16-19)21-13-6-5-10-18(21)2/h5-6,9-13,16H,3-4,7-8,14-15,17H2,1-2H3,(H,25,26). The molecule has 1 aliphatic carbocycles. The summed E-state index contributed by atoms with van der Waals surface area (Å²) in [5.74, 6) is -0.423. The lowest BCUT2D eigenvalue weighted by Crippen LogP contribution is -2.56. The Morgan fingerprint density at radius 2 is 1.79 bits per heavy atom. The molecule has 0 aliphatic heterocycles. The monoisotopic (exact) mass is 379 g/mol. The van der Waals surface area contributed by atoms with E-state index in [9.17, 15) is 9.59 Å². The molecule has 0 heterocycles. The van der Waals surface area contributed by atoms with Gasteiger partial charge in [0, 0.05) is 0 Å². The van der Waals surface area contributed by atoms with Crippen molar-refractivity contribution in [2.75, 3.05) is 6.61 Å². The Morgan fingerprint density at radius 1 is 1.04 bits per heavy atom. The van der Waals surface area contributed by atoms with Crippen molar-refractivity contribution in [2.24, 2.45) is 0 Å². The second-order valence-corrected chi connectivity index (χ2v) is 7.60. The second-order valence-electron chi connectivity index (χ2n) is 7.60. The summed E-state index contributed by atoms with van der Waals surface area (Å²) in [6.07, 6.45) is 4.52. The van der Waals surface area contributed by atoms with Gasteiger partial charge in [0.2, 0.25) is 5.91 Å². The normalized spacial score (nSPS) is 15.6. The Labute approximate surface area is 167 Å². The number of ether oxygens (including phenoxy) is 1. The number of carbonyl (C=O) groups is 2. The van der Waals surface area contributed by atoms with Crippen molar-refractivity contribution in [3.8, 4) is 11.1 Å². The minimum Gasteiger partial charge on any atom is -0.464 e. The van der Waals surface area contributed by atoms with Gasteiger partial charge in [0.15, 0.2) is 0 Å². The molecule has 0 unspecified atom stereocenters. The summed E-state index contributed by atoms with van der Waals surface area (Å²) in [4.78, 5) is 25.3. The third-order valence-electron chi connectivity index (χ3n) is 5.50. The highest BCUT2D eigenvalue weighted by Gasteiger charge is 2.42. The molecule has 3 rings (SSSR count). The van der Waals surface area contributed by atoms with E-state index in [2.05, 4.69) is 36.5 Å². The number of carbonyl (C=O) groups excluding carboxylic acids is 2. The molecule has 0 bridgehead atoms. The van der Waals surface area contributed by atoms with Crippen LogP contribution in [0.15, 0.2) is 48.5 Å². The highest BCUT2D eigenvalue weighted by Crippen LogP contribution is 2.30. The average Bonchev–Trinajstić information content (AvgIpc) is 2.69. The molecular formula is C24H29NO3. The Kier molecular flexibility index (Phi) is 6.50. The molecule has 28 heavy (non-hydrogen) atoms. The Morgan fingerprint density at radius 3 is 2.50 bits per heavy atom. The number of hydrogen-bond donors (Lipinski definition) is 1. The van der Waals surface area contributed by atoms with Crippen molar-refractivity contribution in [3.63, 3.8) is 0 Å². The molecule has 0 radical (unpaired) electrons. The van der Waals surface area contributed by atoms with Gasteiger partial charge in [-0.3, -0.25) is 4.79 Å². The zero-order valence-corrected chi connectivity index (χ0v) is 16.8. The maximum Gasteiger partial charge on any atom is 0.331 e. The van der Waals surface area contributed by atoms with Crippen LogP contribution in [0.25, 0.3) is 11.1 Å². The van der Waals surface area contributed by atoms with E-state index in [0.29, 0.717) is 19.4 Å². The van der Waals surface area contributed by atoms with Gasteiger partial charge in [0.1, 0.15) is 5.54 Å². The zero-order valence-electron chi connectivity index (χ0n) is 16.8. The van der Waals surface area contributed by atoms with Gasteiger partial charge in [0.05, 0.1) is 13.0 Å². The van der Waals surface area contributed by atoms with Crippen LogP contribution in [0.3, 0.4) is 0 Å². The fourth-order valence-electron chi connectivity index (χ4n) is 4.05. The third-order valence-corrected chi connectivity index (χ3v) is 5.50. The fraction of sp³-hybridized carbons (Fsp3) is 0.417. The smallest absolute Gasteiger partial charge is 0.331 e. The summed E-state index contributed by atoms with van der Waals surface area (Å²) >= 11 is 0. The molecule has 1 N–H and O–H groups in total. The molecule has 0 aromatic heterocycles. The van der Waals surface area contributed by atoms with Crippen molar-refractivity contribution in [2.45, 2.75) is 57.9 Å². The average molecular weight is 380 g/mol. The van der Waals surface area contributed by atoms with Crippen LogP contribution in [0.4, 0.5) is 0 Å². The predicted molar refractivity (Wildman–Crippen MR) is 111 cm³/mol. The van der Waals surface area contributed by atoms with Crippen LogP contribution in [0.2, 0.25) is 0 Å². The second kappa shape index (κ2) is 9.05. The van der Waals surface area contributed by atoms with E-state index in [0.717, 1.165) is 30.4 Å². The zero-order chi connectivity index (χ0) is 20.0. The minimum absolute atomic E-state index is 0.128. The van der Waals surface area contributed by atoms with Crippen LogP contribution in [0.1, 0.15) is 50.2 Å². The van der Waals surface area contributed by atoms with Gasteiger partial charge >= 0.3 is 5.97 Å². The first-order chi connectivity index (χ1) is 13.5. The van der Waals surface area contributed by atoms with Gasteiger partial charge in [0.25, 0.3) is 0 Å². The maximum absolute atomic E-state index is 12.8. The number of benzene rings is 2. The molecule has 0 saturated heterocycles. The molecule has 0 spiro atoms. The van der Waals surface area contributed by atoms with E-state index in [-0.39, 0.29) is 18.3 Å². The number of hydrogen-bond acceptors (Lipinski definition) is 3. The third kappa shape index (κ3) is 4.61. The minimum atomic E-state index is -0.862. The van der Waals surface area contributed by atoms with Crippen LogP contribution >= 0.6 is 0 Å². The van der Waals surface area contributed by atoms with Crippen LogP contribution in [0.5, 0.6) is 0 Å². The summed E-state index contributed by atoms with van der Waals surface area (Å²) in [5.41, 5.74) is 3.54. The van der Waals surface area contributed by atoms with Gasteiger partial charge in [-0.1, -0.05) is 67.8 Å². The Balaban J connectivity index is 1.74. The molecule has 1 aliphatic rings. The van der Waals surface area contributed by atoms with E-state index >= 15 is 0 Å². The lowest BCUT2D eigenvalue weighted by Gasteiger charge is -2.35. The summed E-state index contributed by atoms with van der Waals surface area (Å²) in [6, 6.07) is 16.3. The van der Waals surface area contributed by atoms with Crippen molar-refractivity contribution < 1.29 is 14.3 Å². The van der Waals surface area contributed by atoms with Gasteiger partial charge in [-0.25, -0.2) is 4.79 Å². The molecule has 1 fully saturated rings. The summed E-state index contributed by atoms with van der Waals surface area (Å²) in [7, 11) is 0. The van der Waals surface area contributed by atoms with Gasteiger partial charge in [-0.05, 0) is 48.9 Å². The maximum atomic E-state index is 12.8. The highest BCUT2D eigenvalue weighted by molar-refractivity contribution is 5.89. The van der Waals surface area contributed by atoms with Gasteiger partial charge < -0.3 is 10.1 Å². The number of nitrogens with one attached hydrogen (secondary N) is 1. The van der Waals surface area contributed by atoms with Crippen LogP contribution < -0.4 is 5.32 Å². The van der Waals surface area contributed by atoms with E-state index in [1.165, 1.54) is 11.1 Å². The molecule has 2 aromatic carbocycles. The molecule has 0 atom stereocenters. The van der Waals surface area contributed by atoms with E-state index < -0.39 is 5.54 Å². The molecule has 4 nitrogen and oxygen atoms in total. The molecule has 1 saturated carbocycles. The topological polar surface area (TPSA) is 55.4 Å². The molecule has 1 amide bonds. The number of esters is 1. The molecule has 2 aromatic rings. The predicted octanol–water partition coefficient (Wildman–Crippen LogP) is 4.59. The van der Waals surface area contributed by atoms with Crippen molar-refractivity contribution in [1.82, 2.24) is 5.32 Å². The highest BCUT2D eigenvalue weighted by atomic mass is 16.5. The quantitative estimate of drug-likeness (QED) is 0.747. The van der Waals surface area contributed by atoms with Crippen LogP contribution in [-0.4, -0.2) is 24.0 Å². The largest absolute Gasteiger partial charge is 0.464 e. The summed E-state index contributed by atoms with van der Waals surface area (Å²) < 4.78 is 5.27. The van der Waals surface area contributed by atoms with Crippen LogP contribution in [0, 0.1) is 6.92 Å². The summed E-state index contributed by atoms with van der Waals surface area (Å²) in [5, 5.41) is 3.02. The molecule has 148 valence electrons. The lowest BCUT2D eigenvalue weighted by molar-refractivity contribution is -0.155. The van der Waals surface area contributed by atoms with E-state index in [1.54, 1.807) is 6.92 Å². The van der Waals surface area contributed by atoms with E-state index in [4.69, 9.17) is 4.74 Å². The van der Waals surface area contributed by atoms with E-state index in [1.807, 2.05) is 24.3 Å². The Bertz CT molecular complexity index is 837.